The van der Waals surface area contributed by atoms with Crippen LogP contribution in [0.2, 0.25) is 0 Å². The van der Waals surface area contributed by atoms with E-state index in [9.17, 15) is 9.59 Å². The summed E-state index contributed by atoms with van der Waals surface area (Å²) >= 11 is 1.32. The maximum atomic E-state index is 13.5. The van der Waals surface area contributed by atoms with Crippen molar-refractivity contribution in [3.63, 3.8) is 0 Å². The summed E-state index contributed by atoms with van der Waals surface area (Å²) in [6.45, 7) is 2.07. The first-order chi connectivity index (χ1) is 17.6. The summed E-state index contributed by atoms with van der Waals surface area (Å²) < 4.78 is 8.65. The van der Waals surface area contributed by atoms with Gasteiger partial charge in [-0.3, -0.25) is 14.0 Å². The molecule has 5 aromatic rings. The molecule has 1 amide bonds. The molecule has 0 saturated heterocycles. The molecule has 180 valence electrons. The van der Waals surface area contributed by atoms with Gasteiger partial charge in [-0.2, -0.15) is 0 Å². The van der Waals surface area contributed by atoms with Crippen molar-refractivity contribution in [1.82, 2.24) is 19.2 Å². The summed E-state index contributed by atoms with van der Waals surface area (Å²) in [5, 5.41) is 9.85. The van der Waals surface area contributed by atoms with E-state index < -0.39 is 0 Å². The molecule has 3 aromatic carbocycles. The summed E-state index contributed by atoms with van der Waals surface area (Å²) in [5.74, 6) is 1.30. The second-order valence-corrected chi connectivity index (χ2v) is 9.65. The van der Waals surface area contributed by atoms with E-state index in [1.807, 2.05) is 57.8 Å². The zero-order valence-electron chi connectivity index (χ0n) is 19.8. The van der Waals surface area contributed by atoms with Crippen molar-refractivity contribution < 1.29 is 9.53 Å². The quantitative estimate of drug-likeness (QED) is 0.340. The SMILES string of the molecule is COc1ccc(-n2c(=O)c3ccccc3n3c(SCC(=O)N4c5ccccc5CC4C)nnc23)cc1. The molecule has 1 unspecified atom stereocenters. The van der Waals surface area contributed by atoms with Crippen LogP contribution >= 0.6 is 11.8 Å². The zero-order valence-corrected chi connectivity index (χ0v) is 20.6. The van der Waals surface area contributed by atoms with Gasteiger partial charge in [0.05, 0.1) is 29.5 Å². The smallest absolute Gasteiger partial charge is 0.267 e. The lowest BCUT2D eigenvalue weighted by atomic mass is 10.1. The Morgan fingerprint density at radius 2 is 1.78 bits per heavy atom. The number of hydrogen-bond acceptors (Lipinski definition) is 6. The van der Waals surface area contributed by atoms with Crippen LogP contribution in [0.5, 0.6) is 5.75 Å². The summed E-state index contributed by atoms with van der Waals surface area (Å²) in [4.78, 5) is 28.7. The van der Waals surface area contributed by atoms with Crippen LogP contribution < -0.4 is 15.2 Å². The average Bonchev–Trinajstić information content (AvgIpc) is 3.48. The summed E-state index contributed by atoms with van der Waals surface area (Å²) in [6, 6.07) is 22.7. The van der Waals surface area contributed by atoms with Crippen molar-refractivity contribution in [3.8, 4) is 11.4 Å². The van der Waals surface area contributed by atoms with Gasteiger partial charge in [-0.05, 0) is 61.4 Å². The molecular formula is C27H23N5O3S. The van der Waals surface area contributed by atoms with Crippen molar-refractivity contribution >= 4 is 40.0 Å². The van der Waals surface area contributed by atoms with Crippen molar-refractivity contribution in [2.75, 3.05) is 17.8 Å². The van der Waals surface area contributed by atoms with Crippen LogP contribution in [-0.4, -0.2) is 44.0 Å². The number of ether oxygens (including phenoxy) is 1. The van der Waals surface area contributed by atoms with Crippen molar-refractivity contribution in [2.45, 2.75) is 24.5 Å². The van der Waals surface area contributed by atoms with Gasteiger partial charge in [0.1, 0.15) is 5.75 Å². The summed E-state index contributed by atoms with van der Waals surface area (Å²) in [7, 11) is 1.60. The minimum atomic E-state index is -0.189. The average molecular weight is 498 g/mol. The molecular weight excluding hydrogens is 474 g/mol. The van der Waals surface area contributed by atoms with E-state index in [-0.39, 0.29) is 23.3 Å². The van der Waals surface area contributed by atoms with Crippen molar-refractivity contribution in [3.05, 3.63) is 88.7 Å². The fraction of sp³-hybridized carbons (Fsp3) is 0.185. The zero-order chi connectivity index (χ0) is 24.8. The fourth-order valence-corrected chi connectivity index (χ4v) is 5.68. The van der Waals surface area contributed by atoms with Gasteiger partial charge < -0.3 is 9.64 Å². The molecule has 0 fully saturated rings. The Bertz CT molecular complexity index is 1680. The largest absolute Gasteiger partial charge is 0.497 e. The molecule has 8 nitrogen and oxygen atoms in total. The first kappa shape index (κ1) is 22.4. The van der Waals surface area contributed by atoms with Crippen LogP contribution in [0.4, 0.5) is 5.69 Å². The maximum Gasteiger partial charge on any atom is 0.267 e. The molecule has 1 aliphatic heterocycles. The molecule has 2 aromatic heterocycles. The minimum absolute atomic E-state index is 0.0157. The first-order valence-electron chi connectivity index (χ1n) is 11.6. The second-order valence-electron chi connectivity index (χ2n) is 8.71. The van der Waals surface area contributed by atoms with Crippen LogP contribution in [0.3, 0.4) is 0 Å². The minimum Gasteiger partial charge on any atom is -0.497 e. The van der Waals surface area contributed by atoms with E-state index in [0.29, 0.717) is 33.3 Å². The van der Waals surface area contributed by atoms with Crippen molar-refractivity contribution in [1.29, 1.82) is 0 Å². The Kier molecular flexibility index (Phi) is 5.49. The molecule has 0 saturated carbocycles. The van der Waals surface area contributed by atoms with E-state index >= 15 is 0 Å². The number of amides is 1. The van der Waals surface area contributed by atoms with Gasteiger partial charge in [0.25, 0.3) is 5.56 Å². The third-order valence-corrected chi connectivity index (χ3v) is 7.44. The molecule has 1 atom stereocenters. The fourth-order valence-electron chi connectivity index (χ4n) is 4.88. The van der Waals surface area contributed by atoms with Gasteiger partial charge in [0.15, 0.2) is 5.16 Å². The van der Waals surface area contributed by atoms with Gasteiger partial charge in [0.2, 0.25) is 11.7 Å². The van der Waals surface area contributed by atoms with Gasteiger partial charge >= 0.3 is 0 Å². The van der Waals surface area contributed by atoms with Crippen LogP contribution in [-0.2, 0) is 11.2 Å². The second kappa shape index (κ2) is 8.83. The van der Waals surface area contributed by atoms with Gasteiger partial charge in [-0.15, -0.1) is 10.2 Å². The summed E-state index contributed by atoms with van der Waals surface area (Å²) in [5.41, 5.74) is 3.32. The number of aromatic nitrogens is 4. The number of rotatable bonds is 5. The molecule has 0 radical (unpaired) electrons. The molecule has 1 aliphatic rings. The lowest BCUT2D eigenvalue weighted by molar-refractivity contribution is -0.116. The molecule has 9 heteroatoms. The number of carbonyl (C=O) groups excluding carboxylic acids is 1. The van der Waals surface area contributed by atoms with E-state index in [2.05, 4.69) is 23.2 Å². The highest BCUT2D eigenvalue weighted by Crippen LogP contribution is 2.33. The van der Waals surface area contributed by atoms with E-state index in [4.69, 9.17) is 4.74 Å². The predicted molar refractivity (Wildman–Crippen MR) is 140 cm³/mol. The number of anilines is 1. The van der Waals surface area contributed by atoms with E-state index in [1.54, 1.807) is 29.9 Å². The van der Waals surface area contributed by atoms with Gasteiger partial charge in [0, 0.05) is 11.7 Å². The Balaban J connectivity index is 1.41. The third-order valence-electron chi connectivity index (χ3n) is 6.53. The number of fused-ring (bicyclic) bond motifs is 4. The van der Waals surface area contributed by atoms with Gasteiger partial charge in [-0.1, -0.05) is 42.1 Å². The van der Waals surface area contributed by atoms with Crippen molar-refractivity contribution in [2.24, 2.45) is 0 Å². The summed E-state index contributed by atoms with van der Waals surface area (Å²) in [6.07, 6.45) is 0.846. The molecule has 0 spiro atoms. The highest BCUT2D eigenvalue weighted by atomic mass is 32.2. The predicted octanol–water partition coefficient (Wildman–Crippen LogP) is 4.11. The molecule has 3 heterocycles. The highest BCUT2D eigenvalue weighted by molar-refractivity contribution is 7.99. The number of benzene rings is 3. The molecule has 0 bridgehead atoms. The number of methoxy groups -OCH3 is 1. The number of hydrogen-bond donors (Lipinski definition) is 0. The molecule has 0 N–H and O–H groups in total. The Morgan fingerprint density at radius 1 is 1.03 bits per heavy atom. The lowest BCUT2D eigenvalue weighted by Gasteiger charge is -2.22. The van der Waals surface area contributed by atoms with Crippen LogP contribution in [0.1, 0.15) is 12.5 Å². The number of nitrogens with zero attached hydrogens (tertiary/aromatic N) is 5. The Morgan fingerprint density at radius 3 is 2.58 bits per heavy atom. The standard InChI is InChI=1S/C27H23N5O3S/c1-17-15-18-7-3-5-9-22(18)30(17)24(33)16-36-27-29-28-26-31(19-11-13-20(35-2)14-12-19)25(34)21-8-4-6-10-23(21)32(26)27/h3-14,17H,15-16H2,1-2H3. The number of carbonyl (C=O) groups is 1. The van der Waals surface area contributed by atoms with Crippen LogP contribution in [0.15, 0.2) is 82.7 Å². The topological polar surface area (TPSA) is 81.7 Å². The first-order valence-corrected chi connectivity index (χ1v) is 12.6. The highest BCUT2D eigenvalue weighted by Gasteiger charge is 2.30. The van der Waals surface area contributed by atoms with Crippen LogP contribution in [0.25, 0.3) is 22.4 Å². The maximum absolute atomic E-state index is 13.5. The number of para-hydroxylation sites is 2. The van der Waals surface area contributed by atoms with Crippen LogP contribution in [0, 0.1) is 0 Å². The lowest BCUT2D eigenvalue weighted by Crippen LogP contribution is -2.37. The normalized spacial score (nSPS) is 14.9. The third kappa shape index (κ3) is 3.54. The molecule has 36 heavy (non-hydrogen) atoms. The van der Waals surface area contributed by atoms with E-state index in [1.165, 1.54) is 17.3 Å². The molecule has 6 rings (SSSR count). The number of thioether (sulfide) groups is 1. The van der Waals surface area contributed by atoms with E-state index in [0.717, 1.165) is 12.1 Å². The Labute approximate surface area is 211 Å². The van der Waals surface area contributed by atoms with Gasteiger partial charge in [-0.25, -0.2) is 4.57 Å². The Hall–Kier alpha value is -4.11. The molecule has 0 aliphatic carbocycles. The monoisotopic (exact) mass is 497 g/mol.